The number of carbonyl (C=O) groups is 3. The Bertz CT molecular complexity index is 1030. The molecule has 0 aliphatic carbocycles. The van der Waals surface area contributed by atoms with E-state index in [4.69, 9.17) is 33.2 Å². The first-order valence-corrected chi connectivity index (χ1v) is 11.1. The molecule has 11 nitrogen and oxygen atoms in total. The minimum atomic E-state index is -0.830. The molecule has 2 rings (SSSR count). The molecule has 0 spiro atoms. The third kappa shape index (κ3) is 7.09. The first-order valence-electron chi connectivity index (χ1n) is 11.1. The van der Waals surface area contributed by atoms with Gasteiger partial charge in [-0.15, -0.1) is 0 Å². The van der Waals surface area contributed by atoms with E-state index in [0.717, 1.165) is 0 Å². The lowest BCUT2D eigenvalue weighted by molar-refractivity contribution is -0.139. The van der Waals surface area contributed by atoms with Gasteiger partial charge in [0.1, 0.15) is 18.9 Å². The molecule has 0 amide bonds. The van der Waals surface area contributed by atoms with Gasteiger partial charge in [-0.05, 0) is 19.1 Å². The van der Waals surface area contributed by atoms with E-state index in [9.17, 15) is 14.4 Å². The van der Waals surface area contributed by atoms with Crippen LogP contribution < -0.4 is 14.4 Å². The van der Waals surface area contributed by atoms with Crippen LogP contribution >= 0.6 is 0 Å². The maximum atomic E-state index is 13.0. The van der Waals surface area contributed by atoms with Crippen molar-refractivity contribution in [2.45, 2.75) is 6.92 Å². The number of anilines is 1. The zero-order valence-electron chi connectivity index (χ0n) is 21.0. The SMILES string of the molecule is CCOC(=O)c1cc(OCCOC)c(OCCOC)cc1N1C=CC=CC(C(=O)OC)=C1C(=O)OC. The molecule has 196 valence electrons. The van der Waals surface area contributed by atoms with Gasteiger partial charge in [0, 0.05) is 32.6 Å². The fourth-order valence-corrected chi connectivity index (χ4v) is 3.17. The van der Waals surface area contributed by atoms with Gasteiger partial charge in [0.05, 0.1) is 50.9 Å². The van der Waals surface area contributed by atoms with Gasteiger partial charge < -0.3 is 38.1 Å². The molecule has 0 aromatic heterocycles. The van der Waals surface area contributed by atoms with Gasteiger partial charge in [-0.25, -0.2) is 14.4 Å². The molecule has 11 heteroatoms. The van der Waals surface area contributed by atoms with E-state index in [2.05, 4.69) is 0 Å². The Balaban J connectivity index is 2.79. The van der Waals surface area contributed by atoms with Gasteiger partial charge in [-0.3, -0.25) is 0 Å². The second kappa shape index (κ2) is 14.5. The molecular formula is C25H31NO10. The summed E-state index contributed by atoms with van der Waals surface area (Å²) in [6, 6.07) is 2.96. The second-order valence-electron chi connectivity index (χ2n) is 7.04. The number of hydrogen-bond donors (Lipinski definition) is 0. The number of hydrogen-bond acceptors (Lipinski definition) is 11. The highest BCUT2D eigenvalue weighted by Crippen LogP contribution is 2.39. The summed E-state index contributed by atoms with van der Waals surface area (Å²) >= 11 is 0. The summed E-state index contributed by atoms with van der Waals surface area (Å²) in [5.74, 6) is -1.76. The van der Waals surface area contributed by atoms with Crippen molar-refractivity contribution in [3.05, 3.63) is 53.4 Å². The van der Waals surface area contributed by atoms with Crippen LogP contribution in [0.3, 0.4) is 0 Å². The van der Waals surface area contributed by atoms with Crippen LogP contribution in [0.5, 0.6) is 11.5 Å². The third-order valence-corrected chi connectivity index (χ3v) is 4.80. The van der Waals surface area contributed by atoms with Crippen molar-refractivity contribution in [3.63, 3.8) is 0 Å². The first kappa shape index (κ1) is 28.4. The van der Waals surface area contributed by atoms with Gasteiger partial charge >= 0.3 is 17.9 Å². The predicted molar refractivity (Wildman–Crippen MR) is 129 cm³/mol. The summed E-state index contributed by atoms with van der Waals surface area (Å²) in [5.41, 5.74) is -0.00976. The van der Waals surface area contributed by atoms with Crippen LogP contribution in [0.15, 0.2) is 47.8 Å². The highest BCUT2D eigenvalue weighted by molar-refractivity contribution is 6.07. The molecule has 0 unspecified atom stereocenters. The normalized spacial score (nSPS) is 12.8. The summed E-state index contributed by atoms with van der Waals surface area (Å²) in [4.78, 5) is 39.8. The number of carbonyl (C=O) groups excluding carboxylic acids is 3. The second-order valence-corrected chi connectivity index (χ2v) is 7.04. The number of nitrogens with zero attached hydrogens (tertiary/aromatic N) is 1. The maximum Gasteiger partial charge on any atom is 0.355 e. The van der Waals surface area contributed by atoms with E-state index < -0.39 is 17.9 Å². The fraction of sp³-hybridized carbons (Fsp3) is 0.400. The molecule has 0 bridgehead atoms. The lowest BCUT2D eigenvalue weighted by Gasteiger charge is -2.26. The van der Waals surface area contributed by atoms with Crippen molar-refractivity contribution < 1.29 is 47.5 Å². The summed E-state index contributed by atoms with van der Waals surface area (Å²) in [5, 5.41) is 0. The maximum absolute atomic E-state index is 13.0. The summed E-state index contributed by atoms with van der Waals surface area (Å²) < 4.78 is 36.8. The summed E-state index contributed by atoms with van der Waals surface area (Å²) in [6.07, 6.45) is 6.05. The molecule has 1 aromatic carbocycles. The molecule has 0 atom stereocenters. The van der Waals surface area contributed by atoms with Crippen LogP contribution in [0.1, 0.15) is 17.3 Å². The molecular weight excluding hydrogens is 474 g/mol. The molecule has 36 heavy (non-hydrogen) atoms. The van der Waals surface area contributed by atoms with E-state index in [1.807, 2.05) is 0 Å². The van der Waals surface area contributed by atoms with Crippen molar-refractivity contribution >= 4 is 23.6 Å². The number of methoxy groups -OCH3 is 4. The van der Waals surface area contributed by atoms with Crippen molar-refractivity contribution in [2.24, 2.45) is 0 Å². The number of rotatable bonds is 13. The molecule has 0 saturated carbocycles. The largest absolute Gasteiger partial charge is 0.487 e. The fourth-order valence-electron chi connectivity index (χ4n) is 3.17. The molecule has 1 aliphatic heterocycles. The van der Waals surface area contributed by atoms with Gasteiger partial charge in [0.25, 0.3) is 0 Å². The number of allylic oxidation sites excluding steroid dienone is 2. The van der Waals surface area contributed by atoms with E-state index in [0.29, 0.717) is 13.2 Å². The van der Waals surface area contributed by atoms with Crippen LogP contribution in [0.2, 0.25) is 0 Å². The topological polar surface area (TPSA) is 119 Å². The Hall–Kier alpha value is -3.83. The van der Waals surface area contributed by atoms with Crippen LogP contribution in [0, 0.1) is 0 Å². The van der Waals surface area contributed by atoms with Gasteiger partial charge in [-0.2, -0.15) is 0 Å². The molecule has 0 radical (unpaired) electrons. The van der Waals surface area contributed by atoms with Crippen molar-refractivity contribution in [2.75, 3.05) is 66.4 Å². The molecule has 1 aromatic rings. The van der Waals surface area contributed by atoms with Crippen molar-refractivity contribution in [1.82, 2.24) is 0 Å². The van der Waals surface area contributed by atoms with E-state index in [-0.39, 0.29) is 53.8 Å². The molecule has 1 aliphatic rings. The average molecular weight is 506 g/mol. The average Bonchev–Trinajstić information content (AvgIpc) is 3.11. The quantitative estimate of drug-likeness (QED) is 0.223. The van der Waals surface area contributed by atoms with Crippen molar-refractivity contribution in [1.29, 1.82) is 0 Å². The zero-order chi connectivity index (χ0) is 26.5. The Morgan fingerprint density at radius 3 is 1.94 bits per heavy atom. The Morgan fingerprint density at radius 2 is 1.39 bits per heavy atom. The summed E-state index contributed by atoms with van der Waals surface area (Å²) in [7, 11) is 5.44. The molecule has 0 N–H and O–H groups in total. The zero-order valence-corrected chi connectivity index (χ0v) is 21.0. The monoisotopic (exact) mass is 505 g/mol. The molecule has 0 fully saturated rings. The number of benzene rings is 1. The van der Waals surface area contributed by atoms with E-state index in [1.165, 1.54) is 57.7 Å². The van der Waals surface area contributed by atoms with Crippen molar-refractivity contribution in [3.8, 4) is 11.5 Å². The van der Waals surface area contributed by atoms with E-state index >= 15 is 0 Å². The Labute approximate surface area is 209 Å². The lowest BCUT2D eigenvalue weighted by atomic mass is 10.1. The smallest absolute Gasteiger partial charge is 0.355 e. The van der Waals surface area contributed by atoms with Gasteiger partial charge in [-0.1, -0.05) is 6.08 Å². The van der Waals surface area contributed by atoms with Gasteiger partial charge in [0.2, 0.25) is 0 Å². The van der Waals surface area contributed by atoms with Crippen LogP contribution in [-0.2, 0) is 33.3 Å². The molecule has 1 heterocycles. The lowest BCUT2D eigenvalue weighted by Crippen LogP contribution is -2.28. The predicted octanol–water partition coefficient (Wildman–Crippen LogP) is 2.40. The molecule has 0 saturated heterocycles. The Kier molecular flexibility index (Phi) is 11.5. The Morgan fingerprint density at radius 1 is 0.778 bits per heavy atom. The van der Waals surface area contributed by atoms with E-state index in [1.54, 1.807) is 19.1 Å². The first-order chi connectivity index (χ1) is 17.4. The van der Waals surface area contributed by atoms with Gasteiger partial charge in [0.15, 0.2) is 11.5 Å². The highest BCUT2D eigenvalue weighted by atomic mass is 16.6. The summed E-state index contributed by atoms with van der Waals surface area (Å²) in [6.45, 7) is 2.73. The minimum Gasteiger partial charge on any atom is -0.487 e. The number of esters is 3. The minimum absolute atomic E-state index is 0.0560. The third-order valence-electron chi connectivity index (χ3n) is 4.80. The highest BCUT2D eigenvalue weighted by Gasteiger charge is 2.31. The van der Waals surface area contributed by atoms with Crippen LogP contribution in [0.25, 0.3) is 0 Å². The standard InChI is InChI=1S/C25H31NO10/c1-6-34-24(28)18-15-20(35-13-11-30-2)21(36-14-12-31-3)16-19(18)26-10-8-7-9-17(23(27)32-4)22(26)25(29)33-5/h7-10,15-16H,6,11-14H2,1-5H3. The van der Waals surface area contributed by atoms with Crippen LogP contribution in [-0.4, -0.2) is 79.4 Å². The van der Waals surface area contributed by atoms with Crippen LogP contribution in [0.4, 0.5) is 5.69 Å². The number of ether oxygens (including phenoxy) is 7.